The molecule has 0 heterocycles. The quantitative estimate of drug-likeness (QED) is 0.685. The molecule has 0 amide bonds. The summed E-state index contributed by atoms with van der Waals surface area (Å²) in [7, 11) is 0. The molecule has 0 spiro atoms. The predicted octanol–water partition coefficient (Wildman–Crippen LogP) is 3.22. The third-order valence-electron chi connectivity index (χ3n) is 2.34. The largest absolute Gasteiger partial charge is 0.466 e. The lowest BCUT2D eigenvalue weighted by Gasteiger charge is -2.06. The Bertz CT molecular complexity index is 356. The molecular weight excluding hydrogens is 200 g/mol. The number of aryl methyl sites for hydroxylation is 1. The van der Waals surface area contributed by atoms with E-state index in [1.807, 2.05) is 37.3 Å². The summed E-state index contributed by atoms with van der Waals surface area (Å²) in [6.07, 6.45) is 3.83. The predicted molar refractivity (Wildman–Crippen MR) is 66.1 cm³/mol. The van der Waals surface area contributed by atoms with Crippen LogP contribution in [0.3, 0.4) is 0 Å². The number of carbonyl (C=O) groups is 1. The van der Waals surface area contributed by atoms with Gasteiger partial charge < -0.3 is 4.74 Å². The molecule has 1 aromatic rings. The molecule has 0 radical (unpaired) electrons. The van der Waals surface area contributed by atoms with Crippen molar-refractivity contribution < 1.29 is 9.53 Å². The van der Waals surface area contributed by atoms with Gasteiger partial charge in [-0.05, 0) is 24.0 Å². The monoisotopic (exact) mass is 218 g/mol. The number of ether oxygens (including phenoxy) is 1. The van der Waals surface area contributed by atoms with Crippen molar-refractivity contribution in [1.29, 1.82) is 0 Å². The van der Waals surface area contributed by atoms with E-state index in [2.05, 4.69) is 6.58 Å². The van der Waals surface area contributed by atoms with E-state index in [9.17, 15) is 4.79 Å². The zero-order chi connectivity index (χ0) is 11.8. The van der Waals surface area contributed by atoms with Gasteiger partial charge in [0.15, 0.2) is 0 Å². The Labute approximate surface area is 96.9 Å². The summed E-state index contributed by atoms with van der Waals surface area (Å²) >= 11 is 0. The highest BCUT2D eigenvalue weighted by atomic mass is 16.5. The molecular formula is C14H18O2. The Balaban J connectivity index is 2.47. The van der Waals surface area contributed by atoms with Crippen molar-refractivity contribution >= 4 is 12.0 Å². The summed E-state index contributed by atoms with van der Waals surface area (Å²) in [6.45, 7) is 6.25. The minimum atomic E-state index is -0.124. The molecule has 1 aromatic carbocycles. The van der Waals surface area contributed by atoms with Gasteiger partial charge in [0.05, 0.1) is 6.61 Å². The average Bonchev–Trinajstić information content (AvgIpc) is 2.34. The second-order valence-electron chi connectivity index (χ2n) is 3.62. The molecule has 0 bridgehead atoms. The van der Waals surface area contributed by atoms with Gasteiger partial charge in [-0.15, -0.1) is 0 Å². The number of carbonyl (C=O) groups excluding carboxylic acids is 1. The zero-order valence-corrected chi connectivity index (χ0v) is 9.74. The van der Waals surface area contributed by atoms with Gasteiger partial charge in [-0.2, -0.15) is 0 Å². The van der Waals surface area contributed by atoms with E-state index in [1.54, 1.807) is 0 Å². The van der Waals surface area contributed by atoms with Crippen molar-refractivity contribution in [2.24, 2.45) is 0 Å². The lowest BCUT2D eigenvalue weighted by Crippen LogP contribution is -2.06. The second-order valence-corrected chi connectivity index (χ2v) is 3.62. The number of rotatable bonds is 6. The molecule has 0 aliphatic heterocycles. The summed E-state index contributed by atoms with van der Waals surface area (Å²) in [5.74, 6) is -0.124. The highest BCUT2D eigenvalue weighted by Crippen LogP contribution is 2.12. The minimum absolute atomic E-state index is 0.124. The van der Waals surface area contributed by atoms with Gasteiger partial charge in [0.2, 0.25) is 0 Å². The summed E-state index contributed by atoms with van der Waals surface area (Å²) in [6, 6.07) is 7.96. The maximum absolute atomic E-state index is 11.3. The Morgan fingerprint density at radius 3 is 2.88 bits per heavy atom. The van der Waals surface area contributed by atoms with Crippen LogP contribution in [0.2, 0.25) is 0 Å². The molecule has 1 rings (SSSR count). The molecule has 2 heteroatoms. The van der Waals surface area contributed by atoms with Crippen LogP contribution in [0.1, 0.15) is 30.9 Å². The lowest BCUT2D eigenvalue weighted by atomic mass is 10.0. The van der Waals surface area contributed by atoms with Gasteiger partial charge in [-0.25, -0.2) is 0 Å². The molecule has 86 valence electrons. The highest BCUT2D eigenvalue weighted by Gasteiger charge is 2.04. The van der Waals surface area contributed by atoms with Crippen molar-refractivity contribution in [1.82, 2.24) is 0 Å². The van der Waals surface area contributed by atoms with Gasteiger partial charge in [0.1, 0.15) is 0 Å². The van der Waals surface area contributed by atoms with E-state index in [0.717, 1.165) is 17.5 Å². The maximum Gasteiger partial charge on any atom is 0.306 e. The Morgan fingerprint density at radius 2 is 2.19 bits per heavy atom. The van der Waals surface area contributed by atoms with Crippen molar-refractivity contribution in [2.45, 2.75) is 26.2 Å². The van der Waals surface area contributed by atoms with E-state index < -0.39 is 0 Å². The van der Waals surface area contributed by atoms with E-state index in [-0.39, 0.29) is 5.97 Å². The van der Waals surface area contributed by atoms with Crippen LogP contribution in [-0.4, -0.2) is 12.6 Å². The maximum atomic E-state index is 11.3. The van der Waals surface area contributed by atoms with Crippen LogP contribution < -0.4 is 0 Å². The van der Waals surface area contributed by atoms with Crippen molar-refractivity contribution in [3.8, 4) is 0 Å². The van der Waals surface area contributed by atoms with Crippen LogP contribution in [0.25, 0.3) is 6.08 Å². The van der Waals surface area contributed by atoms with Crippen LogP contribution in [0.4, 0.5) is 0 Å². The molecule has 0 aliphatic carbocycles. The third-order valence-corrected chi connectivity index (χ3v) is 2.34. The molecule has 0 saturated carbocycles. The summed E-state index contributed by atoms with van der Waals surface area (Å²) in [4.78, 5) is 11.3. The fourth-order valence-corrected chi connectivity index (χ4v) is 1.49. The Hall–Kier alpha value is -1.57. The van der Waals surface area contributed by atoms with Gasteiger partial charge in [-0.1, -0.05) is 43.8 Å². The van der Waals surface area contributed by atoms with Crippen LogP contribution in [0, 0.1) is 0 Å². The molecule has 0 saturated heterocycles. The van der Waals surface area contributed by atoms with Crippen LogP contribution in [0.15, 0.2) is 30.8 Å². The second kappa shape index (κ2) is 6.83. The molecule has 0 unspecified atom stereocenters. The molecule has 0 N–H and O–H groups in total. The number of hydrogen-bond donors (Lipinski definition) is 0. The van der Waals surface area contributed by atoms with E-state index in [1.165, 1.54) is 0 Å². The van der Waals surface area contributed by atoms with Gasteiger partial charge in [0, 0.05) is 6.42 Å². The number of benzene rings is 1. The summed E-state index contributed by atoms with van der Waals surface area (Å²) < 4.78 is 5.02. The first kappa shape index (κ1) is 12.5. The van der Waals surface area contributed by atoms with E-state index in [0.29, 0.717) is 19.4 Å². The molecule has 0 atom stereocenters. The molecule has 2 nitrogen and oxygen atoms in total. The smallest absolute Gasteiger partial charge is 0.306 e. The average molecular weight is 218 g/mol. The topological polar surface area (TPSA) is 26.3 Å². The zero-order valence-electron chi connectivity index (χ0n) is 9.74. The first-order valence-electron chi connectivity index (χ1n) is 5.64. The fraction of sp³-hybridized carbons (Fsp3) is 0.357. The fourth-order valence-electron chi connectivity index (χ4n) is 1.49. The lowest BCUT2D eigenvalue weighted by molar-refractivity contribution is -0.143. The SMILES string of the molecule is C=Cc1ccccc1CCC(=O)OCCC. The Kier molecular flexibility index (Phi) is 5.34. The molecule has 0 aromatic heterocycles. The third kappa shape index (κ3) is 3.89. The van der Waals surface area contributed by atoms with Crippen LogP contribution in [-0.2, 0) is 16.0 Å². The Morgan fingerprint density at radius 1 is 1.44 bits per heavy atom. The van der Waals surface area contributed by atoms with Crippen LogP contribution in [0.5, 0.6) is 0 Å². The van der Waals surface area contributed by atoms with Crippen molar-refractivity contribution in [3.63, 3.8) is 0 Å². The van der Waals surface area contributed by atoms with E-state index in [4.69, 9.17) is 4.74 Å². The van der Waals surface area contributed by atoms with Gasteiger partial charge in [-0.3, -0.25) is 4.79 Å². The van der Waals surface area contributed by atoms with E-state index >= 15 is 0 Å². The highest BCUT2D eigenvalue weighted by molar-refractivity contribution is 5.70. The molecule has 0 aliphatic rings. The normalized spacial score (nSPS) is 9.81. The number of hydrogen-bond acceptors (Lipinski definition) is 2. The first-order chi connectivity index (χ1) is 7.77. The molecule has 0 fully saturated rings. The number of esters is 1. The standard InChI is InChI=1S/C14H18O2/c1-3-11-16-14(15)10-9-13-8-6-5-7-12(13)4-2/h4-8H,2-3,9-11H2,1H3. The first-order valence-corrected chi connectivity index (χ1v) is 5.64. The minimum Gasteiger partial charge on any atom is -0.466 e. The van der Waals surface area contributed by atoms with Gasteiger partial charge in [0.25, 0.3) is 0 Å². The summed E-state index contributed by atoms with van der Waals surface area (Å²) in [5.41, 5.74) is 2.23. The van der Waals surface area contributed by atoms with Crippen LogP contribution >= 0.6 is 0 Å². The van der Waals surface area contributed by atoms with Gasteiger partial charge >= 0.3 is 5.97 Å². The summed E-state index contributed by atoms with van der Waals surface area (Å²) in [5, 5.41) is 0. The molecule has 16 heavy (non-hydrogen) atoms. The van der Waals surface area contributed by atoms with Crippen molar-refractivity contribution in [2.75, 3.05) is 6.61 Å². The van der Waals surface area contributed by atoms with Crippen molar-refractivity contribution in [3.05, 3.63) is 42.0 Å².